The molecule has 0 aliphatic carbocycles. The third-order valence-corrected chi connectivity index (χ3v) is 2.52. The molecule has 0 aliphatic heterocycles. The topological polar surface area (TPSA) is 34.1 Å². The molecule has 2 aromatic rings. The second-order valence-electron chi connectivity index (χ2n) is 3.93. The van der Waals surface area contributed by atoms with E-state index in [0.717, 1.165) is 17.8 Å². The number of nitrogens with zero attached hydrogens (tertiary/aromatic N) is 1. The van der Waals surface area contributed by atoms with E-state index < -0.39 is 0 Å². The van der Waals surface area contributed by atoms with Crippen molar-refractivity contribution in [3.8, 4) is 5.88 Å². The van der Waals surface area contributed by atoms with Gasteiger partial charge in [-0.3, -0.25) is 0 Å². The molecule has 0 fully saturated rings. The Labute approximate surface area is 101 Å². The Morgan fingerprint density at radius 3 is 2.76 bits per heavy atom. The fourth-order valence-electron chi connectivity index (χ4n) is 1.60. The van der Waals surface area contributed by atoms with E-state index in [2.05, 4.69) is 35.4 Å². The summed E-state index contributed by atoms with van der Waals surface area (Å²) in [4.78, 5) is 4.16. The molecule has 0 saturated heterocycles. The third-order valence-electron chi connectivity index (χ3n) is 2.52. The molecule has 0 amide bonds. The Kier molecular flexibility index (Phi) is 3.60. The van der Waals surface area contributed by atoms with Gasteiger partial charge in [0.15, 0.2) is 0 Å². The minimum Gasteiger partial charge on any atom is -0.481 e. The van der Waals surface area contributed by atoms with Crippen LogP contribution < -0.4 is 10.1 Å². The molecule has 1 aromatic heterocycles. The van der Waals surface area contributed by atoms with Gasteiger partial charge in [-0.15, -0.1) is 0 Å². The summed E-state index contributed by atoms with van der Waals surface area (Å²) in [6.07, 6.45) is 1.82. The Morgan fingerprint density at radius 2 is 2.12 bits per heavy atom. The maximum atomic E-state index is 5.02. The first-order valence-electron chi connectivity index (χ1n) is 5.57. The number of aromatic nitrogens is 1. The average molecular weight is 228 g/mol. The molecule has 1 heterocycles. The van der Waals surface area contributed by atoms with E-state index in [4.69, 9.17) is 4.74 Å². The summed E-state index contributed by atoms with van der Waals surface area (Å²) in [6, 6.07) is 12.2. The van der Waals surface area contributed by atoms with Crippen LogP contribution in [0.25, 0.3) is 0 Å². The van der Waals surface area contributed by atoms with Gasteiger partial charge < -0.3 is 10.1 Å². The van der Waals surface area contributed by atoms with E-state index in [1.165, 1.54) is 5.56 Å². The quantitative estimate of drug-likeness (QED) is 0.873. The highest BCUT2D eigenvalue weighted by Crippen LogP contribution is 2.12. The minimum absolute atomic E-state index is 0.643. The number of hydrogen-bond acceptors (Lipinski definition) is 3. The van der Waals surface area contributed by atoms with E-state index in [1.807, 2.05) is 24.4 Å². The Balaban J connectivity index is 1.97. The smallest absolute Gasteiger partial charge is 0.212 e. The van der Waals surface area contributed by atoms with Crippen LogP contribution in [-0.4, -0.2) is 12.1 Å². The van der Waals surface area contributed by atoms with Crippen molar-refractivity contribution >= 4 is 5.69 Å². The number of benzene rings is 1. The highest BCUT2D eigenvalue weighted by atomic mass is 16.5. The van der Waals surface area contributed by atoms with Crippen LogP contribution in [0.2, 0.25) is 0 Å². The molecule has 3 heteroatoms. The number of nitrogens with one attached hydrogen (secondary N) is 1. The highest BCUT2D eigenvalue weighted by Gasteiger charge is 1.96. The van der Waals surface area contributed by atoms with E-state index in [9.17, 15) is 0 Å². The van der Waals surface area contributed by atoms with Crippen LogP contribution in [0.1, 0.15) is 11.1 Å². The maximum absolute atomic E-state index is 5.02. The zero-order chi connectivity index (χ0) is 12.1. The summed E-state index contributed by atoms with van der Waals surface area (Å²) >= 11 is 0. The van der Waals surface area contributed by atoms with Crippen molar-refractivity contribution in [2.24, 2.45) is 0 Å². The highest BCUT2D eigenvalue weighted by molar-refractivity contribution is 5.45. The van der Waals surface area contributed by atoms with E-state index in [0.29, 0.717) is 5.88 Å². The van der Waals surface area contributed by atoms with Crippen LogP contribution in [-0.2, 0) is 6.54 Å². The first-order valence-corrected chi connectivity index (χ1v) is 5.57. The van der Waals surface area contributed by atoms with Crippen molar-refractivity contribution in [1.82, 2.24) is 4.98 Å². The van der Waals surface area contributed by atoms with Crippen LogP contribution in [0.4, 0.5) is 5.69 Å². The van der Waals surface area contributed by atoms with Gasteiger partial charge in [-0.05, 0) is 30.2 Å². The molecule has 0 atom stereocenters. The fourth-order valence-corrected chi connectivity index (χ4v) is 1.60. The third kappa shape index (κ3) is 3.21. The molecule has 0 unspecified atom stereocenters. The number of rotatable bonds is 4. The summed E-state index contributed by atoms with van der Waals surface area (Å²) in [5.74, 6) is 0.643. The second-order valence-corrected chi connectivity index (χ2v) is 3.93. The average Bonchev–Trinajstić information content (AvgIpc) is 2.37. The van der Waals surface area contributed by atoms with E-state index in [1.54, 1.807) is 7.11 Å². The molecule has 0 saturated carbocycles. The summed E-state index contributed by atoms with van der Waals surface area (Å²) in [5.41, 5.74) is 3.51. The van der Waals surface area contributed by atoms with E-state index >= 15 is 0 Å². The zero-order valence-electron chi connectivity index (χ0n) is 10.1. The van der Waals surface area contributed by atoms with Gasteiger partial charge in [0, 0.05) is 24.5 Å². The second kappa shape index (κ2) is 5.34. The van der Waals surface area contributed by atoms with Gasteiger partial charge in [0.2, 0.25) is 5.88 Å². The fraction of sp³-hybridized carbons (Fsp3) is 0.214. The van der Waals surface area contributed by atoms with Gasteiger partial charge in [-0.1, -0.05) is 18.2 Å². The largest absolute Gasteiger partial charge is 0.481 e. The molecule has 88 valence electrons. The van der Waals surface area contributed by atoms with Gasteiger partial charge in [0.05, 0.1) is 7.11 Å². The van der Waals surface area contributed by atoms with Gasteiger partial charge in [0.1, 0.15) is 0 Å². The predicted molar refractivity (Wildman–Crippen MR) is 69.3 cm³/mol. The molecule has 17 heavy (non-hydrogen) atoms. The number of anilines is 1. The lowest BCUT2D eigenvalue weighted by Gasteiger charge is -2.07. The van der Waals surface area contributed by atoms with Crippen LogP contribution in [0.5, 0.6) is 5.88 Å². The Bertz CT molecular complexity index is 480. The molecular formula is C14H16N2O. The van der Waals surface area contributed by atoms with Crippen LogP contribution >= 0.6 is 0 Å². The molecule has 0 bridgehead atoms. The van der Waals surface area contributed by atoms with Gasteiger partial charge in [0.25, 0.3) is 0 Å². The van der Waals surface area contributed by atoms with Crippen molar-refractivity contribution < 1.29 is 4.74 Å². The lowest BCUT2D eigenvalue weighted by molar-refractivity contribution is 0.397. The molecule has 1 N–H and O–H groups in total. The molecule has 0 radical (unpaired) electrons. The molecule has 2 rings (SSSR count). The normalized spacial score (nSPS) is 10.0. The predicted octanol–water partition coefficient (Wildman–Crippen LogP) is 3.01. The number of methoxy groups -OCH3 is 1. The maximum Gasteiger partial charge on any atom is 0.212 e. The van der Waals surface area contributed by atoms with Gasteiger partial charge >= 0.3 is 0 Å². The van der Waals surface area contributed by atoms with Crippen molar-refractivity contribution in [1.29, 1.82) is 0 Å². The summed E-state index contributed by atoms with van der Waals surface area (Å²) in [5, 5.41) is 3.36. The minimum atomic E-state index is 0.643. The van der Waals surface area contributed by atoms with Crippen LogP contribution in [0, 0.1) is 6.92 Å². The standard InChI is InChI=1S/C14H16N2O/c1-11-4-3-5-13(8-11)15-9-12-6-7-14(17-2)16-10-12/h3-8,10,15H,9H2,1-2H3. The number of aryl methyl sites for hydroxylation is 1. The molecule has 1 aromatic carbocycles. The molecule has 0 spiro atoms. The molecule has 3 nitrogen and oxygen atoms in total. The van der Waals surface area contributed by atoms with Gasteiger partial charge in [-0.25, -0.2) is 4.98 Å². The lowest BCUT2D eigenvalue weighted by atomic mass is 10.2. The van der Waals surface area contributed by atoms with Crippen molar-refractivity contribution in [3.05, 3.63) is 53.7 Å². The number of hydrogen-bond donors (Lipinski definition) is 1. The SMILES string of the molecule is COc1ccc(CNc2cccc(C)c2)cn1. The number of pyridine rings is 1. The summed E-state index contributed by atoms with van der Waals surface area (Å²) in [6.45, 7) is 2.85. The van der Waals surface area contributed by atoms with Crippen LogP contribution in [0.15, 0.2) is 42.6 Å². The number of ether oxygens (including phenoxy) is 1. The lowest BCUT2D eigenvalue weighted by Crippen LogP contribution is -2.00. The molecular weight excluding hydrogens is 212 g/mol. The summed E-state index contributed by atoms with van der Waals surface area (Å²) in [7, 11) is 1.62. The van der Waals surface area contributed by atoms with Crippen molar-refractivity contribution in [3.63, 3.8) is 0 Å². The Morgan fingerprint density at radius 1 is 1.24 bits per heavy atom. The van der Waals surface area contributed by atoms with Crippen molar-refractivity contribution in [2.45, 2.75) is 13.5 Å². The summed E-state index contributed by atoms with van der Waals surface area (Å²) < 4.78 is 5.02. The van der Waals surface area contributed by atoms with Crippen LogP contribution in [0.3, 0.4) is 0 Å². The van der Waals surface area contributed by atoms with Crippen molar-refractivity contribution in [2.75, 3.05) is 12.4 Å². The van der Waals surface area contributed by atoms with E-state index in [-0.39, 0.29) is 0 Å². The zero-order valence-corrected chi connectivity index (χ0v) is 10.1. The Hall–Kier alpha value is -2.03. The first kappa shape index (κ1) is 11.5. The molecule has 0 aliphatic rings. The van der Waals surface area contributed by atoms with Gasteiger partial charge in [-0.2, -0.15) is 0 Å². The monoisotopic (exact) mass is 228 g/mol. The first-order chi connectivity index (χ1) is 8.28.